The zero-order valence-corrected chi connectivity index (χ0v) is 18.8. The summed E-state index contributed by atoms with van der Waals surface area (Å²) in [4.78, 5) is 2.53. The summed E-state index contributed by atoms with van der Waals surface area (Å²) in [6.07, 6.45) is 11.1. The van der Waals surface area contributed by atoms with Gasteiger partial charge in [-0.3, -0.25) is 0 Å². The Balaban J connectivity index is 3.26. The lowest BCUT2D eigenvalue weighted by atomic mass is 10.1. The number of hydrogen-bond donors (Lipinski definition) is 0. The highest BCUT2D eigenvalue weighted by Gasteiger charge is 1.99. The van der Waals surface area contributed by atoms with Crippen molar-refractivity contribution >= 4 is 67.8 Å². The Morgan fingerprint density at radius 3 is 1.68 bits per heavy atom. The highest BCUT2D eigenvalue weighted by molar-refractivity contribution is 14.2. The SMILES string of the molecule is CCN(CC)CCCCCCCCCC(I)=C(I)I. The van der Waals surface area contributed by atoms with Crippen LogP contribution in [0.1, 0.15) is 65.2 Å². The number of hydrogen-bond acceptors (Lipinski definition) is 1. The predicted molar refractivity (Wildman–Crippen MR) is 114 cm³/mol. The van der Waals surface area contributed by atoms with Gasteiger partial charge in [0.05, 0.1) is 1.59 Å². The summed E-state index contributed by atoms with van der Waals surface area (Å²) in [5.41, 5.74) is 0. The number of halogens is 3. The first kappa shape index (κ1) is 20.9. The lowest BCUT2D eigenvalue weighted by Crippen LogP contribution is -2.23. The van der Waals surface area contributed by atoms with Gasteiger partial charge in [-0.15, -0.1) is 0 Å². The largest absolute Gasteiger partial charge is 0.304 e. The highest BCUT2D eigenvalue weighted by Crippen LogP contribution is 2.29. The molecule has 0 aromatic rings. The first-order valence-corrected chi connectivity index (χ1v) is 10.8. The Morgan fingerprint density at radius 1 is 0.737 bits per heavy atom. The van der Waals surface area contributed by atoms with Gasteiger partial charge in [-0.05, 0) is 107 Å². The van der Waals surface area contributed by atoms with Crippen LogP contribution in [-0.4, -0.2) is 24.5 Å². The maximum absolute atomic E-state index is 2.53. The van der Waals surface area contributed by atoms with E-state index in [1.807, 2.05) is 0 Å². The maximum atomic E-state index is 2.53. The molecule has 0 aliphatic carbocycles. The molecule has 1 nitrogen and oxygen atoms in total. The molecule has 114 valence electrons. The van der Waals surface area contributed by atoms with Crippen molar-refractivity contribution in [2.75, 3.05) is 19.6 Å². The van der Waals surface area contributed by atoms with Crippen LogP contribution in [0.4, 0.5) is 0 Å². The zero-order valence-electron chi connectivity index (χ0n) is 12.4. The van der Waals surface area contributed by atoms with Crippen molar-refractivity contribution in [1.82, 2.24) is 4.90 Å². The third kappa shape index (κ3) is 13.3. The summed E-state index contributed by atoms with van der Waals surface area (Å²) in [6.45, 7) is 8.23. The Labute approximate surface area is 161 Å². The lowest BCUT2D eigenvalue weighted by molar-refractivity contribution is 0.295. The molecule has 0 atom stereocenters. The molecule has 0 spiro atoms. The molecular formula is C15H28I3N. The highest BCUT2D eigenvalue weighted by atomic mass is 127. The molecule has 0 aliphatic rings. The van der Waals surface area contributed by atoms with Crippen molar-refractivity contribution in [2.24, 2.45) is 0 Å². The summed E-state index contributed by atoms with van der Waals surface area (Å²) in [5.74, 6) is 0. The van der Waals surface area contributed by atoms with Crippen molar-refractivity contribution in [3.63, 3.8) is 0 Å². The molecule has 0 N–H and O–H groups in total. The molecule has 0 unspecified atom stereocenters. The summed E-state index contributed by atoms with van der Waals surface area (Å²) >= 11 is 7.32. The van der Waals surface area contributed by atoms with Crippen LogP contribution < -0.4 is 0 Å². The third-order valence-electron chi connectivity index (χ3n) is 3.47. The second kappa shape index (κ2) is 14.8. The van der Waals surface area contributed by atoms with Crippen LogP contribution in [0.2, 0.25) is 0 Å². The van der Waals surface area contributed by atoms with Gasteiger partial charge in [-0.1, -0.05) is 46.0 Å². The van der Waals surface area contributed by atoms with Gasteiger partial charge in [-0.25, -0.2) is 0 Å². The molecule has 0 rings (SSSR count). The van der Waals surface area contributed by atoms with Gasteiger partial charge >= 0.3 is 0 Å². The maximum Gasteiger partial charge on any atom is 0.0606 e. The molecule has 0 bridgehead atoms. The Bertz CT molecular complexity index is 234. The average molecular weight is 603 g/mol. The second-order valence-corrected chi connectivity index (χ2v) is 10.4. The minimum atomic E-state index is 1.21. The van der Waals surface area contributed by atoms with Gasteiger partial charge in [-0.2, -0.15) is 0 Å². The molecule has 0 fully saturated rings. The predicted octanol–water partition coefficient (Wildman–Crippen LogP) is 6.92. The van der Waals surface area contributed by atoms with E-state index in [9.17, 15) is 0 Å². The molecule has 0 aromatic carbocycles. The first-order valence-electron chi connectivity index (χ1n) is 7.53. The van der Waals surface area contributed by atoms with E-state index in [0.717, 1.165) is 0 Å². The monoisotopic (exact) mass is 603 g/mol. The minimum absolute atomic E-state index is 1.21. The van der Waals surface area contributed by atoms with Crippen LogP contribution in [0.25, 0.3) is 0 Å². The first-order chi connectivity index (χ1) is 9.11. The van der Waals surface area contributed by atoms with Gasteiger partial charge < -0.3 is 4.90 Å². The zero-order chi connectivity index (χ0) is 14.5. The number of rotatable bonds is 12. The summed E-state index contributed by atoms with van der Waals surface area (Å²) < 4.78 is 2.98. The molecular weight excluding hydrogens is 575 g/mol. The van der Waals surface area contributed by atoms with Crippen molar-refractivity contribution in [3.8, 4) is 0 Å². The van der Waals surface area contributed by atoms with E-state index >= 15 is 0 Å². The molecule has 0 amide bonds. The molecule has 0 saturated heterocycles. The molecule has 4 heteroatoms. The van der Waals surface area contributed by atoms with Crippen LogP contribution in [-0.2, 0) is 0 Å². The topological polar surface area (TPSA) is 3.24 Å². The van der Waals surface area contributed by atoms with Crippen molar-refractivity contribution in [3.05, 3.63) is 5.17 Å². The third-order valence-corrected chi connectivity index (χ3v) is 7.92. The van der Waals surface area contributed by atoms with E-state index in [2.05, 4.69) is 86.5 Å². The Kier molecular flexibility index (Phi) is 16.3. The van der Waals surface area contributed by atoms with E-state index in [1.165, 1.54) is 76.2 Å². The quantitative estimate of drug-likeness (QED) is 0.173. The van der Waals surface area contributed by atoms with Crippen LogP contribution in [0.5, 0.6) is 0 Å². The smallest absolute Gasteiger partial charge is 0.0606 e. The van der Waals surface area contributed by atoms with Crippen molar-refractivity contribution in [1.29, 1.82) is 0 Å². The van der Waals surface area contributed by atoms with Crippen LogP contribution in [0.3, 0.4) is 0 Å². The van der Waals surface area contributed by atoms with E-state index in [4.69, 9.17) is 0 Å². The van der Waals surface area contributed by atoms with Crippen molar-refractivity contribution in [2.45, 2.75) is 65.2 Å². The number of allylic oxidation sites excluding steroid dienone is 1. The fourth-order valence-electron chi connectivity index (χ4n) is 2.13. The Morgan fingerprint density at radius 2 is 1.21 bits per heavy atom. The lowest BCUT2D eigenvalue weighted by Gasteiger charge is -2.17. The second-order valence-electron chi connectivity index (χ2n) is 4.92. The van der Waals surface area contributed by atoms with Crippen LogP contribution >= 0.6 is 67.8 Å². The van der Waals surface area contributed by atoms with Crippen molar-refractivity contribution < 1.29 is 0 Å². The minimum Gasteiger partial charge on any atom is -0.304 e. The van der Waals surface area contributed by atoms with Gasteiger partial charge in [0.15, 0.2) is 0 Å². The number of unbranched alkanes of at least 4 members (excludes halogenated alkanes) is 6. The molecule has 0 heterocycles. The Hall–Kier alpha value is 1.89. The fourth-order valence-corrected chi connectivity index (χ4v) is 3.05. The van der Waals surface area contributed by atoms with E-state index < -0.39 is 0 Å². The standard InChI is InChI=1S/C15H28I3N/c1-3-19(4-2)13-11-9-7-5-6-8-10-12-14(16)15(17)18/h3-13H2,1-2H3. The summed E-state index contributed by atoms with van der Waals surface area (Å²) in [5, 5.41) is 0. The summed E-state index contributed by atoms with van der Waals surface area (Å²) in [6, 6.07) is 0. The molecule has 0 aromatic heterocycles. The number of nitrogens with zero attached hydrogens (tertiary/aromatic N) is 1. The molecule has 0 aliphatic heterocycles. The summed E-state index contributed by atoms with van der Waals surface area (Å²) in [7, 11) is 0. The van der Waals surface area contributed by atoms with E-state index in [0.29, 0.717) is 0 Å². The molecule has 0 saturated carbocycles. The van der Waals surface area contributed by atoms with E-state index in [1.54, 1.807) is 0 Å². The molecule has 19 heavy (non-hydrogen) atoms. The molecule has 0 radical (unpaired) electrons. The average Bonchev–Trinajstić information content (AvgIpc) is 2.40. The van der Waals surface area contributed by atoms with Gasteiger partial charge in [0.25, 0.3) is 0 Å². The van der Waals surface area contributed by atoms with Gasteiger partial charge in [0.1, 0.15) is 0 Å². The van der Waals surface area contributed by atoms with Gasteiger partial charge in [0, 0.05) is 3.58 Å². The van der Waals surface area contributed by atoms with E-state index in [-0.39, 0.29) is 0 Å². The normalized spacial score (nSPS) is 11.1. The van der Waals surface area contributed by atoms with Gasteiger partial charge in [0.2, 0.25) is 0 Å². The van der Waals surface area contributed by atoms with Crippen LogP contribution in [0.15, 0.2) is 5.17 Å². The fraction of sp³-hybridized carbons (Fsp3) is 0.867. The van der Waals surface area contributed by atoms with Crippen LogP contribution in [0, 0.1) is 0 Å².